The number of benzene rings is 2. The van der Waals surface area contributed by atoms with E-state index in [-0.39, 0.29) is 37.3 Å². The minimum atomic E-state index is -3.95. The average molecular weight is 539 g/mol. The van der Waals surface area contributed by atoms with Gasteiger partial charge in [-0.25, -0.2) is 28.0 Å². The molecular weight excluding hydrogens is 525 g/mol. The van der Waals surface area contributed by atoms with Crippen molar-refractivity contribution in [1.29, 1.82) is 0 Å². The highest BCUT2D eigenvalue weighted by Crippen LogP contribution is 2.33. The zero-order valence-corrected chi connectivity index (χ0v) is 20.3. The van der Waals surface area contributed by atoms with Crippen LogP contribution in [0.25, 0.3) is 0 Å². The Bertz CT molecular complexity index is 1440. The number of nitrogens with zero attached hydrogens (tertiary/aromatic N) is 3. The summed E-state index contributed by atoms with van der Waals surface area (Å²) in [6.07, 6.45) is 1.44. The van der Waals surface area contributed by atoms with Crippen LogP contribution in [0.4, 0.5) is 17.3 Å². The van der Waals surface area contributed by atoms with Crippen LogP contribution in [0.3, 0.4) is 0 Å². The minimum absolute atomic E-state index is 0.0598. The van der Waals surface area contributed by atoms with Gasteiger partial charge in [0.1, 0.15) is 10.7 Å². The number of amides is 2. The van der Waals surface area contributed by atoms with Crippen LogP contribution in [0.5, 0.6) is 0 Å². The second-order valence-corrected chi connectivity index (χ2v) is 9.97. The van der Waals surface area contributed by atoms with Gasteiger partial charge in [0.05, 0.1) is 10.6 Å². The zero-order valence-electron chi connectivity index (χ0n) is 17.2. The Morgan fingerprint density at radius 2 is 1.56 bits per heavy atom. The quantitative estimate of drug-likeness (QED) is 0.448. The van der Waals surface area contributed by atoms with E-state index < -0.39 is 21.8 Å². The summed E-state index contributed by atoms with van der Waals surface area (Å²) in [6.45, 7) is 1.71. The van der Waals surface area contributed by atoms with Crippen molar-refractivity contribution < 1.29 is 18.0 Å². The van der Waals surface area contributed by atoms with Crippen LogP contribution >= 0.6 is 34.8 Å². The molecule has 3 aromatic rings. The van der Waals surface area contributed by atoms with Gasteiger partial charge >= 0.3 is 0 Å². The number of imide groups is 1. The Kier molecular flexibility index (Phi) is 6.50. The second-order valence-electron chi connectivity index (χ2n) is 7.04. The molecule has 0 fully saturated rings. The molecule has 2 heterocycles. The van der Waals surface area contributed by atoms with E-state index in [0.717, 1.165) is 4.90 Å². The smallest absolute Gasteiger partial charge is 0.283 e. The van der Waals surface area contributed by atoms with Gasteiger partial charge in [-0.15, -0.1) is 0 Å². The van der Waals surface area contributed by atoms with Crippen LogP contribution in [-0.2, 0) is 19.6 Å². The molecule has 174 valence electrons. The summed E-state index contributed by atoms with van der Waals surface area (Å²) in [6, 6.07) is 11.4. The number of carbonyl (C=O) groups excluding carboxylic acids is 2. The molecule has 0 radical (unpaired) electrons. The molecule has 1 aliphatic rings. The number of halogens is 3. The number of aromatic nitrogens is 2. The van der Waals surface area contributed by atoms with E-state index in [1.54, 1.807) is 13.0 Å². The molecule has 2 amide bonds. The number of rotatable bonds is 6. The summed E-state index contributed by atoms with van der Waals surface area (Å²) in [5.41, 5.74) is 0.909. The van der Waals surface area contributed by atoms with Crippen molar-refractivity contribution in [2.75, 3.05) is 14.9 Å². The third-order valence-corrected chi connectivity index (χ3v) is 6.72. The molecule has 0 aliphatic carbocycles. The largest absolute Gasteiger partial charge is 0.350 e. The van der Waals surface area contributed by atoms with Crippen LogP contribution in [0.1, 0.15) is 5.69 Å². The van der Waals surface area contributed by atoms with Crippen molar-refractivity contribution >= 4 is 74.0 Å². The Morgan fingerprint density at radius 1 is 0.912 bits per heavy atom. The predicted octanol–water partition coefficient (Wildman–Crippen LogP) is 4.33. The highest BCUT2D eigenvalue weighted by molar-refractivity contribution is 7.92. The summed E-state index contributed by atoms with van der Waals surface area (Å²) >= 11 is 18.1. The number of nitrogens with one attached hydrogen (secondary N) is 2. The van der Waals surface area contributed by atoms with Gasteiger partial charge in [0.2, 0.25) is 5.95 Å². The van der Waals surface area contributed by atoms with Gasteiger partial charge in [-0.2, -0.15) is 0 Å². The Labute approximate surface area is 209 Å². The van der Waals surface area contributed by atoms with Crippen LogP contribution in [0.15, 0.2) is 70.4 Å². The molecule has 2 N–H and O–H groups in total. The highest BCUT2D eigenvalue weighted by Gasteiger charge is 2.39. The van der Waals surface area contributed by atoms with Gasteiger partial charge in [-0.05, 0) is 55.5 Å². The number of sulfonamides is 1. The Morgan fingerprint density at radius 3 is 2.18 bits per heavy atom. The van der Waals surface area contributed by atoms with Crippen molar-refractivity contribution in [3.8, 4) is 0 Å². The van der Waals surface area contributed by atoms with Gasteiger partial charge in [0.25, 0.3) is 21.8 Å². The molecule has 34 heavy (non-hydrogen) atoms. The molecular formula is C21H14Cl3N5O4S. The molecule has 0 unspecified atom stereocenters. The lowest BCUT2D eigenvalue weighted by Gasteiger charge is -2.16. The predicted molar refractivity (Wildman–Crippen MR) is 129 cm³/mol. The lowest BCUT2D eigenvalue weighted by Crippen LogP contribution is -2.32. The summed E-state index contributed by atoms with van der Waals surface area (Å²) in [4.78, 5) is 34.2. The monoisotopic (exact) mass is 537 g/mol. The molecule has 13 heteroatoms. The number of carbonyl (C=O) groups is 2. The number of anilines is 3. The summed E-state index contributed by atoms with van der Waals surface area (Å²) < 4.78 is 27.5. The number of aryl methyl sites for hydroxylation is 1. The van der Waals surface area contributed by atoms with E-state index in [2.05, 4.69) is 20.0 Å². The average Bonchev–Trinajstić information content (AvgIpc) is 2.96. The second kappa shape index (κ2) is 9.22. The highest BCUT2D eigenvalue weighted by atomic mass is 35.5. The normalized spacial score (nSPS) is 14.1. The first-order chi connectivity index (χ1) is 16.0. The molecule has 1 aromatic heterocycles. The van der Waals surface area contributed by atoms with Crippen molar-refractivity contribution in [2.24, 2.45) is 0 Å². The van der Waals surface area contributed by atoms with Gasteiger partial charge in [-0.3, -0.25) is 9.59 Å². The summed E-state index contributed by atoms with van der Waals surface area (Å²) in [5.74, 6) is -1.53. The van der Waals surface area contributed by atoms with Crippen molar-refractivity contribution in [3.63, 3.8) is 0 Å². The van der Waals surface area contributed by atoms with E-state index in [9.17, 15) is 18.0 Å². The maximum atomic E-state index is 12.9. The first-order valence-corrected chi connectivity index (χ1v) is 12.1. The molecule has 0 saturated carbocycles. The van der Waals surface area contributed by atoms with Crippen LogP contribution in [0, 0.1) is 6.92 Å². The van der Waals surface area contributed by atoms with E-state index in [1.807, 2.05) is 0 Å². The lowest BCUT2D eigenvalue weighted by atomic mass is 10.3. The molecule has 0 atom stereocenters. The zero-order chi connectivity index (χ0) is 24.6. The number of hydrogen-bond donors (Lipinski definition) is 2. The van der Waals surface area contributed by atoms with Gasteiger partial charge in [0.15, 0.2) is 0 Å². The lowest BCUT2D eigenvalue weighted by molar-refractivity contribution is -0.120. The molecule has 0 saturated heterocycles. The van der Waals surface area contributed by atoms with E-state index >= 15 is 0 Å². The van der Waals surface area contributed by atoms with Crippen LogP contribution in [0.2, 0.25) is 10.0 Å². The fraction of sp³-hybridized carbons (Fsp3) is 0.0476. The molecule has 2 aromatic carbocycles. The van der Waals surface area contributed by atoms with Crippen LogP contribution < -0.4 is 14.9 Å². The molecule has 0 spiro atoms. The number of hydrogen-bond acceptors (Lipinski definition) is 7. The van der Waals surface area contributed by atoms with Crippen molar-refractivity contribution in [2.45, 2.75) is 11.8 Å². The maximum absolute atomic E-state index is 12.9. The first-order valence-electron chi connectivity index (χ1n) is 9.49. The fourth-order valence-electron chi connectivity index (χ4n) is 3.05. The van der Waals surface area contributed by atoms with E-state index in [0.29, 0.717) is 11.4 Å². The Hall–Kier alpha value is -3.18. The first kappa shape index (κ1) is 24.0. The minimum Gasteiger partial charge on any atom is -0.350 e. The van der Waals surface area contributed by atoms with E-state index in [1.165, 1.54) is 48.7 Å². The van der Waals surface area contributed by atoms with Crippen LogP contribution in [-0.4, -0.2) is 30.2 Å². The maximum Gasteiger partial charge on any atom is 0.283 e. The molecule has 1 aliphatic heterocycles. The van der Waals surface area contributed by atoms with Gasteiger partial charge in [0, 0.05) is 27.6 Å². The van der Waals surface area contributed by atoms with Gasteiger partial charge in [-0.1, -0.05) is 34.8 Å². The summed E-state index contributed by atoms with van der Waals surface area (Å²) in [5, 5.41) is 2.90. The Balaban J connectivity index is 1.54. The van der Waals surface area contributed by atoms with Crippen molar-refractivity contribution in [1.82, 2.24) is 9.97 Å². The van der Waals surface area contributed by atoms with Gasteiger partial charge < -0.3 is 5.32 Å². The fourth-order valence-corrected chi connectivity index (χ4v) is 4.73. The van der Waals surface area contributed by atoms with E-state index in [4.69, 9.17) is 34.8 Å². The standard InChI is InChI=1S/C21H14Cl3N5O4S/c1-11-6-7-25-21(26-11)28-34(32,33)16-4-2-14(3-5-16)27-18-17(24)19(30)29(20(18)31)15-9-12(22)8-13(23)10-15/h2-10,27H,1H3,(H,25,26,28). The third-order valence-electron chi connectivity index (χ3n) is 4.59. The topological polar surface area (TPSA) is 121 Å². The third kappa shape index (κ3) is 4.85. The summed E-state index contributed by atoms with van der Waals surface area (Å²) in [7, 11) is -3.95. The molecule has 9 nitrogen and oxygen atoms in total. The molecule has 4 rings (SSSR count). The SMILES string of the molecule is Cc1ccnc(NS(=O)(=O)c2ccc(NC3=C(Cl)C(=O)N(c4cc(Cl)cc(Cl)c4)C3=O)cc2)n1. The van der Waals surface area contributed by atoms with Crippen molar-refractivity contribution in [3.05, 3.63) is 81.2 Å². The molecule has 0 bridgehead atoms.